The van der Waals surface area contributed by atoms with Gasteiger partial charge in [-0.2, -0.15) is 0 Å². The lowest BCUT2D eigenvalue weighted by Gasteiger charge is -2.29. The lowest BCUT2D eigenvalue weighted by Crippen LogP contribution is -2.52. The molecule has 1 aromatic carbocycles. The van der Waals surface area contributed by atoms with E-state index < -0.39 is 6.04 Å². The summed E-state index contributed by atoms with van der Waals surface area (Å²) in [7, 11) is 0. The van der Waals surface area contributed by atoms with E-state index in [1.165, 1.54) is 19.4 Å². The van der Waals surface area contributed by atoms with Gasteiger partial charge in [0, 0.05) is 50.4 Å². The lowest BCUT2D eigenvalue weighted by atomic mass is 9.97. The number of piperidine rings is 2. The van der Waals surface area contributed by atoms with Crippen LogP contribution in [0.15, 0.2) is 18.2 Å². The molecule has 2 N–H and O–H groups in total. The van der Waals surface area contributed by atoms with E-state index in [0.29, 0.717) is 18.5 Å². The predicted molar refractivity (Wildman–Crippen MR) is 121 cm³/mol. The first kappa shape index (κ1) is 21.4. The Labute approximate surface area is 189 Å². The zero-order valence-corrected chi connectivity index (χ0v) is 18.6. The summed E-state index contributed by atoms with van der Waals surface area (Å²) in [5, 5.41) is 5.82. The average Bonchev–Trinajstić information content (AvgIpc) is 2.95. The second-order valence-electron chi connectivity index (χ2n) is 9.58. The molecule has 172 valence electrons. The molecule has 1 atom stereocenters. The molecule has 5 rings (SSSR count). The van der Waals surface area contributed by atoms with Gasteiger partial charge in [-0.1, -0.05) is 0 Å². The second-order valence-corrected chi connectivity index (χ2v) is 9.58. The smallest absolute Gasteiger partial charge is 0.255 e. The average molecular weight is 440 g/mol. The largest absolute Gasteiger partial charge is 0.370 e. The topological polar surface area (TPSA) is 85.0 Å². The molecule has 3 fully saturated rings. The van der Waals surface area contributed by atoms with Crippen LogP contribution in [0.2, 0.25) is 0 Å². The Bertz CT molecular complexity index is 898. The predicted octanol–water partition coefficient (Wildman–Crippen LogP) is 0.959. The quantitative estimate of drug-likeness (QED) is 0.680. The minimum absolute atomic E-state index is 0.106. The molecule has 8 heteroatoms. The van der Waals surface area contributed by atoms with Crippen molar-refractivity contribution in [2.45, 2.75) is 44.7 Å². The summed E-state index contributed by atoms with van der Waals surface area (Å²) in [5.41, 5.74) is 2.82. The van der Waals surface area contributed by atoms with E-state index >= 15 is 0 Å². The maximum Gasteiger partial charge on any atom is 0.255 e. The minimum atomic E-state index is -0.558. The fourth-order valence-corrected chi connectivity index (χ4v) is 5.60. The summed E-state index contributed by atoms with van der Waals surface area (Å²) >= 11 is 0. The number of hydrogen-bond acceptors (Lipinski definition) is 6. The van der Waals surface area contributed by atoms with Crippen molar-refractivity contribution in [1.29, 1.82) is 0 Å². The van der Waals surface area contributed by atoms with Gasteiger partial charge in [-0.05, 0) is 75.0 Å². The normalized spacial score (nSPS) is 25.6. The summed E-state index contributed by atoms with van der Waals surface area (Å²) in [4.78, 5) is 43.4. The van der Waals surface area contributed by atoms with E-state index in [4.69, 9.17) is 0 Å². The van der Waals surface area contributed by atoms with Crippen LogP contribution >= 0.6 is 0 Å². The van der Waals surface area contributed by atoms with Gasteiger partial charge in [0.2, 0.25) is 11.8 Å². The molecule has 0 spiro atoms. The fraction of sp³-hybridized carbons (Fsp3) is 0.625. The Morgan fingerprint density at radius 2 is 1.81 bits per heavy atom. The van der Waals surface area contributed by atoms with Crippen LogP contribution in [0, 0.1) is 5.92 Å². The van der Waals surface area contributed by atoms with E-state index in [1.807, 2.05) is 12.1 Å². The summed E-state index contributed by atoms with van der Waals surface area (Å²) in [5.74, 6) is 0.0918. The standard InChI is InChI=1S/C24H33N5O3/c30-22-5-4-21(23(31)26-22)29-16-18-14-19(2-3-20(18)24(29)32)28-11-1-10-27(12-13-28)15-17-6-8-25-9-7-17/h2-3,14,17,21,25H,1,4-13,15-16H2,(H,26,30,31). The van der Waals surface area contributed by atoms with Gasteiger partial charge < -0.3 is 20.0 Å². The van der Waals surface area contributed by atoms with E-state index in [-0.39, 0.29) is 24.1 Å². The summed E-state index contributed by atoms with van der Waals surface area (Å²) in [6.07, 6.45) is 4.38. The van der Waals surface area contributed by atoms with Crippen LogP contribution in [0.4, 0.5) is 5.69 Å². The van der Waals surface area contributed by atoms with Crippen molar-refractivity contribution in [2.75, 3.05) is 50.7 Å². The van der Waals surface area contributed by atoms with Crippen molar-refractivity contribution >= 4 is 23.4 Å². The number of rotatable bonds is 4. The van der Waals surface area contributed by atoms with Crippen LogP contribution in [0.3, 0.4) is 0 Å². The Hall–Kier alpha value is -2.45. The molecule has 4 aliphatic rings. The number of carbonyl (C=O) groups excluding carboxylic acids is 3. The molecule has 3 amide bonds. The number of nitrogens with zero attached hydrogens (tertiary/aromatic N) is 3. The number of imide groups is 1. The molecule has 0 bridgehead atoms. The van der Waals surface area contributed by atoms with Gasteiger partial charge in [0.05, 0.1) is 0 Å². The van der Waals surface area contributed by atoms with Crippen LogP contribution in [-0.2, 0) is 16.1 Å². The number of fused-ring (bicyclic) bond motifs is 1. The van der Waals surface area contributed by atoms with Crippen molar-refractivity contribution in [3.63, 3.8) is 0 Å². The van der Waals surface area contributed by atoms with Gasteiger partial charge in [-0.3, -0.25) is 19.7 Å². The highest BCUT2D eigenvalue weighted by Crippen LogP contribution is 2.31. The third kappa shape index (κ3) is 4.38. The molecule has 0 aliphatic carbocycles. The number of anilines is 1. The Balaban J connectivity index is 1.23. The molecular formula is C24H33N5O3. The first-order valence-electron chi connectivity index (χ1n) is 12.0. The Kier molecular flexibility index (Phi) is 6.15. The summed E-state index contributed by atoms with van der Waals surface area (Å²) in [6.45, 7) is 8.16. The molecule has 0 saturated carbocycles. The zero-order chi connectivity index (χ0) is 22.1. The molecule has 0 aromatic heterocycles. The van der Waals surface area contributed by atoms with Gasteiger partial charge in [0.1, 0.15) is 6.04 Å². The third-order valence-corrected chi connectivity index (χ3v) is 7.44. The van der Waals surface area contributed by atoms with E-state index in [0.717, 1.165) is 62.9 Å². The highest BCUT2D eigenvalue weighted by Gasteiger charge is 2.39. The molecule has 1 unspecified atom stereocenters. The number of carbonyl (C=O) groups is 3. The highest BCUT2D eigenvalue weighted by atomic mass is 16.2. The number of nitrogens with one attached hydrogen (secondary N) is 2. The number of benzene rings is 1. The van der Waals surface area contributed by atoms with Crippen LogP contribution in [-0.4, -0.2) is 79.4 Å². The van der Waals surface area contributed by atoms with Crippen LogP contribution in [0.25, 0.3) is 0 Å². The molecule has 8 nitrogen and oxygen atoms in total. The molecule has 4 heterocycles. The Morgan fingerprint density at radius 1 is 0.969 bits per heavy atom. The van der Waals surface area contributed by atoms with Crippen molar-refractivity contribution in [2.24, 2.45) is 5.92 Å². The Morgan fingerprint density at radius 3 is 2.62 bits per heavy atom. The maximum absolute atomic E-state index is 12.9. The monoisotopic (exact) mass is 439 g/mol. The van der Waals surface area contributed by atoms with Crippen LogP contribution in [0.1, 0.15) is 48.0 Å². The highest BCUT2D eigenvalue weighted by molar-refractivity contribution is 6.05. The molecule has 0 radical (unpaired) electrons. The molecular weight excluding hydrogens is 406 g/mol. The lowest BCUT2D eigenvalue weighted by molar-refractivity contribution is -0.136. The first-order chi connectivity index (χ1) is 15.6. The van der Waals surface area contributed by atoms with Crippen molar-refractivity contribution in [3.05, 3.63) is 29.3 Å². The van der Waals surface area contributed by atoms with Gasteiger partial charge in [0.25, 0.3) is 5.91 Å². The second kappa shape index (κ2) is 9.19. The van der Waals surface area contributed by atoms with Gasteiger partial charge in [-0.15, -0.1) is 0 Å². The SMILES string of the molecule is O=C1CCC(N2Cc3cc(N4CCCN(CC5CCNCC5)CC4)ccc3C2=O)C(=O)N1. The molecule has 32 heavy (non-hydrogen) atoms. The van der Waals surface area contributed by atoms with Crippen molar-refractivity contribution < 1.29 is 14.4 Å². The van der Waals surface area contributed by atoms with Gasteiger partial charge >= 0.3 is 0 Å². The van der Waals surface area contributed by atoms with Crippen LogP contribution in [0.5, 0.6) is 0 Å². The third-order valence-electron chi connectivity index (χ3n) is 7.44. The molecule has 3 saturated heterocycles. The maximum atomic E-state index is 12.9. The van der Waals surface area contributed by atoms with E-state index in [9.17, 15) is 14.4 Å². The minimum Gasteiger partial charge on any atom is -0.370 e. The van der Waals surface area contributed by atoms with Crippen molar-refractivity contribution in [1.82, 2.24) is 20.4 Å². The van der Waals surface area contributed by atoms with Gasteiger partial charge in [-0.25, -0.2) is 0 Å². The van der Waals surface area contributed by atoms with Gasteiger partial charge in [0.15, 0.2) is 0 Å². The summed E-state index contributed by atoms with van der Waals surface area (Å²) in [6, 6.07) is 5.53. The van der Waals surface area contributed by atoms with Crippen molar-refractivity contribution in [3.8, 4) is 0 Å². The summed E-state index contributed by atoms with van der Waals surface area (Å²) < 4.78 is 0. The zero-order valence-electron chi connectivity index (χ0n) is 18.6. The molecule has 1 aromatic rings. The fourth-order valence-electron chi connectivity index (χ4n) is 5.60. The van der Waals surface area contributed by atoms with E-state index in [2.05, 4.69) is 26.5 Å². The molecule has 4 aliphatic heterocycles. The van der Waals surface area contributed by atoms with Crippen LogP contribution < -0.4 is 15.5 Å². The number of amides is 3. The number of hydrogen-bond donors (Lipinski definition) is 2. The first-order valence-corrected chi connectivity index (χ1v) is 12.0. The van der Waals surface area contributed by atoms with E-state index in [1.54, 1.807) is 4.90 Å².